The number of amides is 2. The first-order chi connectivity index (χ1) is 16.9. The highest BCUT2D eigenvalue weighted by molar-refractivity contribution is 14.1. The zero-order valence-corrected chi connectivity index (χ0v) is 23.7. The third kappa shape index (κ3) is 7.14. The number of nitrogens with zero attached hydrogens (tertiary/aromatic N) is 2. The summed E-state index contributed by atoms with van der Waals surface area (Å²) in [5, 5.41) is 8.87. The van der Waals surface area contributed by atoms with Crippen molar-refractivity contribution in [1.82, 2.24) is 0 Å². The molecule has 2 aliphatic heterocycles. The minimum absolute atomic E-state index is 0.0292. The van der Waals surface area contributed by atoms with Gasteiger partial charge in [0.2, 0.25) is 0 Å². The third-order valence-corrected chi connectivity index (χ3v) is 8.06. The third-order valence-electron chi connectivity index (χ3n) is 5.03. The fourth-order valence-corrected chi connectivity index (χ4v) is 4.68. The summed E-state index contributed by atoms with van der Waals surface area (Å²) >= 11 is 3.70. The lowest BCUT2D eigenvalue weighted by Crippen LogP contribution is -2.28. The van der Waals surface area contributed by atoms with Crippen LogP contribution in [0.3, 0.4) is 0 Å². The number of halogens is 4. The number of aliphatic hydroxyl groups excluding tert-OH is 1. The van der Waals surface area contributed by atoms with E-state index in [1.807, 2.05) is 45.2 Å². The van der Waals surface area contributed by atoms with Gasteiger partial charge in [-0.15, -0.1) is 0 Å². The van der Waals surface area contributed by atoms with Crippen LogP contribution in [0.2, 0.25) is 0 Å². The average Bonchev–Trinajstić information content (AvgIpc) is 3.39. The Morgan fingerprint density at radius 1 is 0.944 bits per heavy atom. The zero-order valence-electron chi connectivity index (χ0n) is 18.6. The molecular weight excluding hydrogens is 732 g/mol. The van der Waals surface area contributed by atoms with Crippen molar-refractivity contribution in [2.24, 2.45) is 0 Å². The lowest BCUT2D eigenvalue weighted by molar-refractivity contribution is 0.0963. The van der Waals surface area contributed by atoms with Crippen LogP contribution in [0.1, 0.15) is 0 Å². The van der Waals surface area contributed by atoms with Gasteiger partial charge in [0.25, 0.3) is 10.1 Å². The van der Waals surface area contributed by atoms with E-state index in [1.54, 1.807) is 18.2 Å². The van der Waals surface area contributed by atoms with Crippen LogP contribution < -0.4 is 9.80 Å². The largest absolute Gasteiger partial charge is 0.443 e. The van der Waals surface area contributed by atoms with Gasteiger partial charge in [-0.1, -0.05) is 0 Å². The molecule has 2 aromatic carbocycles. The number of anilines is 2. The van der Waals surface area contributed by atoms with Gasteiger partial charge >= 0.3 is 12.2 Å². The van der Waals surface area contributed by atoms with Gasteiger partial charge < -0.3 is 14.6 Å². The van der Waals surface area contributed by atoms with Crippen LogP contribution in [0.4, 0.5) is 29.7 Å². The van der Waals surface area contributed by atoms with Crippen LogP contribution in [-0.2, 0) is 23.8 Å². The Labute approximate surface area is 232 Å². The minimum Gasteiger partial charge on any atom is -0.443 e. The molecule has 4 rings (SSSR count). The Morgan fingerprint density at radius 2 is 1.39 bits per heavy atom. The molecule has 36 heavy (non-hydrogen) atoms. The molecule has 0 spiro atoms. The van der Waals surface area contributed by atoms with E-state index >= 15 is 0 Å². The first-order valence-corrected chi connectivity index (χ1v) is 13.9. The van der Waals surface area contributed by atoms with Crippen molar-refractivity contribution in [1.29, 1.82) is 0 Å². The highest BCUT2D eigenvalue weighted by Gasteiger charge is 2.36. The molecule has 1 N–H and O–H groups in total. The molecule has 2 heterocycles. The molecule has 2 aliphatic rings. The molecule has 0 aromatic heterocycles. The summed E-state index contributed by atoms with van der Waals surface area (Å²) in [6.45, 7) is 0.0475. The normalized spacial score (nSPS) is 19.6. The topological polar surface area (TPSA) is 123 Å². The Bertz CT molecular complexity index is 1250. The van der Waals surface area contributed by atoms with Crippen molar-refractivity contribution in [2.45, 2.75) is 12.2 Å². The quantitative estimate of drug-likeness (QED) is 0.352. The summed E-state index contributed by atoms with van der Waals surface area (Å²) in [5.74, 6) is -1.26. The number of rotatable bonds is 6. The SMILES string of the molecule is COS(=O)(=O)C[C@H]1CN(c2ccc(I)c(F)c2)C(=O)O1.O=C1O[C@@H](CO)CN1c1ccc(I)c(F)c1. The standard InChI is InChI=1S/C11H11FINO5S.C10H9FINO3/c1-18-20(16,17)6-8-5-14(11(15)19-8)7-2-3-10(13)9(12)4-7;11-8-3-6(1-2-9(8)12)13-4-7(5-14)16-10(13)15/h2-4,8H,5-6H2,1H3;1-3,7,14H,4-5H2/t8-;7-/m11/s1. The first-order valence-electron chi connectivity index (χ1n) is 10.2. The molecule has 2 aromatic rings. The van der Waals surface area contributed by atoms with Crippen molar-refractivity contribution in [3.05, 3.63) is 55.2 Å². The maximum Gasteiger partial charge on any atom is 0.414 e. The molecule has 2 amide bonds. The van der Waals surface area contributed by atoms with Crippen LogP contribution in [0, 0.1) is 18.8 Å². The van der Waals surface area contributed by atoms with E-state index in [0.29, 0.717) is 18.5 Å². The smallest absolute Gasteiger partial charge is 0.414 e. The number of carbonyl (C=O) groups is 2. The Hall–Kier alpha value is -1.83. The van der Waals surface area contributed by atoms with Gasteiger partial charge in [0, 0.05) is 7.14 Å². The van der Waals surface area contributed by atoms with E-state index in [0.717, 1.165) is 7.11 Å². The maximum atomic E-state index is 13.5. The highest BCUT2D eigenvalue weighted by Crippen LogP contribution is 2.26. The summed E-state index contributed by atoms with van der Waals surface area (Å²) in [5.41, 5.74) is 0.768. The molecule has 0 saturated carbocycles. The fraction of sp³-hybridized carbons (Fsp3) is 0.333. The van der Waals surface area contributed by atoms with Crippen molar-refractivity contribution in [2.75, 3.05) is 42.4 Å². The van der Waals surface area contributed by atoms with E-state index in [1.165, 1.54) is 28.0 Å². The molecule has 0 unspecified atom stereocenters. The van der Waals surface area contributed by atoms with Crippen molar-refractivity contribution >= 4 is 78.9 Å². The summed E-state index contributed by atoms with van der Waals surface area (Å²) in [6.07, 6.45) is -2.63. The van der Waals surface area contributed by atoms with Crippen LogP contribution in [0.25, 0.3) is 0 Å². The van der Waals surface area contributed by atoms with E-state index in [4.69, 9.17) is 14.6 Å². The van der Waals surface area contributed by atoms with E-state index in [2.05, 4.69) is 4.18 Å². The number of ether oxygens (including phenoxy) is 2. The predicted molar refractivity (Wildman–Crippen MR) is 141 cm³/mol. The van der Waals surface area contributed by atoms with Crippen LogP contribution in [0.5, 0.6) is 0 Å². The summed E-state index contributed by atoms with van der Waals surface area (Å²) in [6, 6.07) is 8.81. The Balaban J connectivity index is 0.000000205. The second-order valence-corrected chi connectivity index (χ2v) is 11.6. The minimum atomic E-state index is -3.73. The number of cyclic esters (lactones) is 2. The lowest BCUT2D eigenvalue weighted by atomic mass is 10.2. The van der Waals surface area contributed by atoms with Gasteiger partial charge in [-0.05, 0) is 81.6 Å². The van der Waals surface area contributed by atoms with Crippen LogP contribution >= 0.6 is 45.2 Å². The van der Waals surface area contributed by atoms with Gasteiger partial charge in [0.05, 0.1) is 38.2 Å². The lowest BCUT2D eigenvalue weighted by Gasteiger charge is -2.13. The van der Waals surface area contributed by atoms with Crippen LogP contribution in [-0.4, -0.2) is 70.5 Å². The Kier molecular flexibility index (Phi) is 9.69. The molecule has 2 saturated heterocycles. The summed E-state index contributed by atoms with van der Waals surface area (Å²) < 4.78 is 64.4. The monoisotopic (exact) mass is 752 g/mol. The summed E-state index contributed by atoms with van der Waals surface area (Å²) in [7, 11) is -2.69. The number of aliphatic hydroxyl groups is 1. The number of hydrogen-bond acceptors (Lipinski definition) is 8. The second-order valence-electron chi connectivity index (χ2n) is 7.50. The molecule has 0 aliphatic carbocycles. The van der Waals surface area contributed by atoms with Crippen molar-refractivity contribution in [3.8, 4) is 0 Å². The molecule has 15 heteroatoms. The molecule has 0 radical (unpaired) electrons. The van der Waals surface area contributed by atoms with E-state index in [-0.39, 0.29) is 25.5 Å². The number of hydrogen-bond donors (Lipinski definition) is 1. The maximum absolute atomic E-state index is 13.5. The van der Waals surface area contributed by atoms with Gasteiger partial charge in [-0.25, -0.2) is 18.4 Å². The van der Waals surface area contributed by atoms with Gasteiger partial charge in [0.1, 0.15) is 29.6 Å². The van der Waals surface area contributed by atoms with Gasteiger partial charge in [0.15, 0.2) is 0 Å². The van der Waals surface area contributed by atoms with Crippen LogP contribution in [0.15, 0.2) is 36.4 Å². The number of benzene rings is 2. The molecule has 10 nitrogen and oxygen atoms in total. The molecule has 196 valence electrons. The molecular formula is C21H20F2I2N2O8S. The average molecular weight is 752 g/mol. The molecule has 2 atom stereocenters. The summed E-state index contributed by atoms with van der Waals surface area (Å²) in [4.78, 5) is 25.6. The number of carbonyl (C=O) groups excluding carboxylic acids is 2. The van der Waals surface area contributed by atoms with E-state index < -0.39 is 46.1 Å². The fourth-order valence-electron chi connectivity index (χ4n) is 3.25. The van der Waals surface area contributed by atoms with Gasteiger partial charge in [-0.3, -0.25) is 14.0 Å². The van der Waals surface area contributed by atoms with E-state index in [9.17, 15) is 26.8 Å². The highest BCUT2D eigenvalue weighted by atomic mass is 127. The molecule has 0 bridgehead atoms. The molecule has 2 fully saturated rings. The predicted octanol–water partition coefficient (Wildman–Crippen LogP) is 3.48. The second kappa shape index (κ2) is 12.1. The zero-order chi connectivity index (χ0) is 26.6. The van der Waals surface area contributed by atoms with Crippen molar-refractivity contribution < 1.29 is 45.6 Å². The van der Waals surface area contributed by atoms with Gasteiger partial charge in [-0.2, -0.15) is 8.42 Å². The Morgan fingerprint density at radius 3 is 1.78 bits per heavy atom. The first kappa shape index (κ1) is 28.7. The van der Waals surface area contributed by atoms with Crippen molar-refractivity contribution in [3.63, 3.8) is 0 Å².